The lowest BCUT2D eigenvalue weighted by atomic mass is 9.79. The van der Waals surface area contributed by atoms with E-state index in [-0.39, 0.29) is 43.8 Å². The van der Waals surface area contributed by atoms with Gasteiger partial charge in [0.2, 0.25) is 22.9 Å². The van der Waals surface area contributed by atoms with Crippen molar-refractivity contribution in [2.45, 2.75) is 37.6 Å². The van der Waals surface area contributed by atoms with E-state index in [1.165, 1.54) is 31.1 Å². The number of benzene rings is 1. The maximum atomic E-state index is 14.2. The molecule has 2 aliphatic rings. The van der Waals surface area contributed by atoms with Crippen LogP contribution in [0.25, 0.3) is 0 Å². The summed E-state index contributed by atoms with van der Waals surface area (Å²) < 4.78 is 20.8. The van der Waals surface area contributed by atoms with Gasteiger partial charge in [0.15, 0.2) is 16.4 Å². The number of thioether (sulfide) groups is 2. The number of amides is 2. The number of hydrogen-bond acceptors (Lipinski definition) is 11. The molecule has 0 aliphatic carbocycles. The molecule has 0 saturated carbocycles. The fourth-order valence-electron chi connectivity index (χ4n) is 4.72. The Morgan fingerprint density at radius 2 is 1.82 bits per heavy atom. The fraction of sp³-hybridized carbons (Fsp3) is 0.560. The minimum atomic E-state index is -1.76. The van der Waals surface area contributed by atoms with Crippen LogP contribution >= 0.6 is 23.5 Å². The Balaban J connectivity index is 2.14. The predicted octanol–water partition coefficient (Wildman–Crippen LogP) is 2.55. The van der Waals surface area contributed by atoms with Crippen LogP contribution in [0.5, 0.6) is 11.5 Å². The van der Waals surface area contributed by atoms with Gasteiger partial charge in [0.25, 0.3) is 5.91 Å². The zero-order chi connectivity index (χ0) is 28.1. The zero-order valence-corrected chi connectivity index (χ0v) is 23.6. The molecule has 0 bridgehead atoms. The first-order chi connectivity index (χ1) is 18.1. The van der Waals surface area contributed by atoms with E-state index < -0.39 is 33.3 Å². The number of rotatable bonds is 10. The van der Waals surface area contributed by atoms with E-state index in [0.29, 0.717) is 28.8 Å². The topological polar surface area (TPSA) is 135 Å². The minimum absolute atomic E-state index is 0.0292. The molecule has 0 radical (unpaired) electrons. The number of methoxy groups -OCH3 is 2. The lowest BCUT2D eigenvalue weighted by molar-refractivity contribution is -0.146. The van der Waals surface area contributed by atoms with Crippen molar-refractivity contribution >= 4 is 45.6 Å². The Labute approximate surface area is 230 Å². The van der Waals surface area contributed by atoms with Crippen LogP contribution in [0, 0.1) is 16.7 Å². The largest absolute Gasteiger partial charge is 0.454 e. The molecule has 1 aromatic carbocycles. The molecular formula is C25H31N3O8S2. The molecule has 3 atom stereocenters. The molecule has 1 fully saturated rings. The minimum Gasteiger partial charge on any atom is -0.454 e. The highest BCUT2D eigenvalue weighted by atomic mass is 32.2. The van der Waals surface area contributed by atoms with Gasteiger partial charge in [-0.3, -0.25) is 19.2 Å². The summed E-state index contributed by atoms with van der Waals surface area (Å²) in [5.41, 5.74) is -0.684. The third kappa shape index (κ3) is 5.78. The number of carbonyl (C=O) groups excluding carboxylic acids is 4. The first-order valence-electron chi connectivity index (χ1n) is 11.8. The molecule has 2 heterocycles. The first-order valence-corrected chi connectivity index (χ1v) is 13.6. The van der Waals surface area contributed by atoms with Crippen molar-refractivity contribution in [3.8, 4) is 17.6 Å². The number of likely N-dealkylation sites (tertiary alicyclic amines) is 1. The summed E-state index contributed by atoms with van der Waals surface area (Å²) in [7, 11) is 4.24. The maximum absolute atomic E-state index is 14.2. The Morgan fingerprint density at radius 1 is 1.16 bits per heavy atom. The van der Waals surface area contributed by atoms with Crippen molar-refractivity contribution in [1.29, 1.82) is 5.26 Å². The second-order valence-corrected chi connectivity index (χ2v) is 11.4. The molecule has 2 amide bonds. The van der Waals surface area contributed by atoms with Crippen molar-refractivity contribution in [2.24, 2.45) is 5.41 Å². The second kappa shape index (κ2) is 12.4. The SMILES string of the molecule is CCC(=O)N1[C@@H](c2ccc3c(c2)OCO3)[C@@](C)(C#N)C[C@]1(SC(=O)COC)C(=O)N(C)CSC(=O)COC. The third-order valence-corrected chi connectivity index (χ3v) is 8.46. The maximum Gasteiger partial charge on any atom is 0.260 e. The lowest BCUT2D eigenvalue weighted by Crippen LogP contribution is -2.56. The van der Waals surface area contributed by atoms with E-state index in [2.05, 4.69) is 6.07 Å². The molecule has 38 heavy (non-hydrogen) atoms. The Hall–Kier alpha value is -2.79. The summed E-state index contributed by atoms with van der Waals surface area (Å²) in [5.74, 6) is -0.0223. The number of nitrogens with zero attached hydrogens (tertiary/aromatic N) is 3. The van der Waals surface area contributed by atoms with Crippen LogP contribution in [-0.2, 0) is 28.7 Å². The van der Waals surface area contributed by atoms with Crippen LogP contribution in [0.3, 0.4) is 0 Å². The van der Waals surface area contributed by atoms with E-state index in [4.69, 9.17) is 18.9 Å². The molecule has 3 rings (SSSR count). The van der Waals surface area contributed by atoms with E-state index in [1.807, 2.05) is 0 Å². The molecule has 1 aromatic rings. The standard InChI is InChI=1S/C25H31N3O8S2/c1-6-19(29)28-22(16-7-8-17-18(9-16)36-15-35-17)24(2,13-26)12-25(28,38-21(31)11-34-5)23(32)27(3)14-37-20(30)10-33-4/h7-9,22H,6,10-12,14-15H2,1-5H3/t22-,24+,25-/m0/s1. The summed E-state index contributed by atoms with van der Waals surface area (Å²) in [5, 5.41) is 9.64. The second-order valence-electron chi connectivity index (χ2n) is 9.11. The highest BCUT2D eigenvalue weighted by Gasteiger charge is 2.65. The normalized spacial score (nSPS) is 23.7. The van der Waals surface area contributed by atoms with Crippen LogP contribution in [0.1, 0.15) is 38.3 Å². The Morgan fingerprint density at radius 3 is 2.45 bits per heavy atom. The molecule has 0 N–H and O–H groups in total. The van der Waals surface area contributed by atoms with Gasteiger partial charge in [0.05, 0.1) is 23.4 Å². The van der Waals surface area contributed by atoms with Gasteiger partial charge in [-0.1, -0.05) is 24.8 Å². The Bertz CT molecular complexity index is 1140. The van der Waals surface area contributed by atoms with Gasteiger partial charge in [-0.05, 0) is 36.4 Å². The molecule has 0 spiro atoms. The number of carbonyl (C=O) groups is 4. The zero-order valence-electron chi connectivity index (χ0n) is 22.0. The number of fused-ring (bicyclic) bond motifs is 1. The monoisotopic (exact) mass is 565 g/mol. The number of hydrogen-bond donors (Lipinski definition) is 0. The van der Waals surface area contributed by atoms with E-state index in [0.717, 1.165) is 11.8 Å². The Kier molecular flexibility index (Phi) is 9.69. The molecule has 11 nitrogen and oxygen atoms in total. The van der Waals surface area contributed by atoms with Crippen LogP contribution in [-0.4, -0.2) is 83.9 Å². The van der Waals surface area contributed by atoms with Gasteiger partial charge in [0, 0.05) is 34.1 Å². The van der Waals surface area contributed by atoms with Crippen molar-refractivity contribution < 1.29 is 38.1 Å². The summed E-state index contributed by atoms with van der Waals surface area (Å²) >= 11 is 1.56. The molecule has 2 aliphatic heterocycles. The van der Waals surface area contributed by atoms with E-state index in [1.54, 1.807) is 32.0 Å². The van der Waals surface area contributed by atoms with Crippen LogP contribution < -0.4 is 9.47 Å². The molecular weight excluding hydrogens is 534 g/mol. The average molecular weight is 566 g/mol. The van der Waals surface area contributed by atoms with E-state index in [9.17, 15) is 24.4 Å². The van der Waals surface area contributed by atoms with Gasteiger partial charge in [0.1, 0.15) is 13.2 Å². The average Bonchev–Trinajstić information content (AvgIpc) is 3.47. The van der Waals surface area contributed by atoms with Crippen LogP contribution in [0.4, 0.5) is 0 Å². The highest BCUT2D eigenvalue weighted by Crippen LogP contribution is 2.59. The van der Waals surface area contributed by atoms with Gasteiger partial charge >= 0.3 is 0 Å². The number of nitriles is 1. The summed E-state index contributed by atoms with van der Waals surface area (Å²) in [6.07, 6.45) is -0.0945. The van der Waals surface area contributed by atoms with Gasteiger partial charge in [-0.25, -0.2) is 0 Å². The molecule has 0 unspecified atom stereocenters. The van der Waals surface area contributed by atoms with Crippen molar-refractivity contribution in [1.82, 2.24) is 9.80 Å². The van der Waals surface area contributed by atoms with Crippen molar-refractivity contribution in [3.05, 3.63) is 23.8 Å². The lowest BCUT2D eigenvalue weighted by Gasteiger charge is -2.41. The summed E-state index contributed by atoms with van der Waals surface area (Å²) in [6.45, 7) is 2.95. The number of likely N-dealkylation sites (N-methyl/N-ethyl adjacent to an activating group) is 1. The molecule has 13 heteroatoms. The first kappa shape index (κ1) is 29.8. The molecule has 206 valence electrons. The van der Waals surface area contributed by atoms with Gasteiger partial charge in [-0.15, -0.1) is 0 Å². The van der Waals surface area contributed by atoms with Crippen LogP contribution in [0.15, 0.2) is 18.2 Å². The molecule has 1 saturated heterocycles. The fourth-order valence-corrected chi connectivity index (χ4v) is 6.85. The third-order valence-electron chi connectivity index (χ3n) is 6.30. The molecule has 0 aromatic heterocycles. The van der Waals surface area contributed by atoms with Crippen molar-refractivity contribution in [3.63, 3.8) is 0 Å². The predicted molar refractivity (Wildman–Crippen MR) is 140 cm³/mol. The highest BCUT2D eigenvalue weighted by molar-refractivity contribution is 8.15. The summed E-state index contributed by atoms with van der Waals surface area (Å²) in [4.78, 5) is 53.7. The summed E-state index contributed by atoms with van der Waals surface area (Å²) in [6, 6.07) is 6.56. The van der Waals surface area contributed by atoms with Crippen molar-refractivity contribution in [2.75, 3.05) is 47.2 Å². The van der Waals surface area contributed by atoms with E-state index >= 15 is 0 Å². The van der Waals surface area contributed by atoms with Gasteiger partial charge in [-0.2, -0.15) is 5.26 Å². The van der Waals surface area contributed by atoms with Gasteiger partial charge < -0.3 is 28.7 Å². The number of ether oxygens (including phenoxy) is 4. The smallest absolute Gasteiger partial charge is 0.260 e. The van der Waals surface area contributed by atoms with Crippen LogP contribution in [0.2, 0.25) is 0 Å². The quantitative estimate of drug-likeness (QED) is 0.387.